The third-order valence-electron chi connectivity index (χ3n) is 13.3. The second-order valence-corrected chi connectivity index (χ2v) is 21.5. The Morgan fingerprint density at radius 2 is 0.955 bits per heavy atom. The van der Waals surface area contributed by atoms with Gasteiger partial charge in [0.1, 0.15) is 12.1 Å². The highest BCUT2D eigenvalue weighted by atomic mass is 32.1. The van der Waals surface area contributed by atoms with Crippen molar-refractivity contribution in [2.75, 3.05) is 53.4 Å². The number of nitrogens with zero attached hydrogens (tertiary/aromatic N) is 4. The first-order valence-electron chi connectivity index (χ1n) is 24.1. The van der Waals surface area contributed by atoms with Gasteiger partial charge < -0.3 is 40.9 Å². The lowest BCUT2D eigenvalue weighted by Gasteiger charge is -2.37. The second kappa shape index (κ2) is 23.7. The van der Waals surface area contributed by atoms with Crippen molar-refractivity contribution in [1.82, 2.24) is 40.9 Å². The Morgan fingerprint density at radius 3 is 1.28 bits per heavy atom. The predicted octanol–water partition coefficient (Wildman–Crippen LogP) is 5.38. The fourth-order valence-electron chi connectivity index (χ4n) is 8.81. The number of carbonyl (C=O) groups excluding carboxylic acids is 6. The van der Waals surface area contributed by atoms with Crippen LogP contribution in [-0.4, -0.2) is 145 Å². The van der Waals surface area contributed by atoms with Crippen LogP contribution in [0.1, 0.15) is 112 Å². The van der Waals surface area contributed by atoms with Gasteiger partial charge in [0.2, 0.25) is 23.6 Å². The minimum atomic E-state index is -0.761. The zero-order valence-corrected chi connectivity index (χ0v) is 42.3. The van der Waals surface area contributed by atoms with Crippen LogP contribution in [0.15, 0.2) is 72.8 Å². The Morgan fingerprint density at radius 1 is 0.597 bits per heavy atom. The SMILES string of the molecule is CN[C@@H](C)C(=O)N[C@H](C(=O)N1CCC[C@H]1CN(CCc1ccccc1)C(=O)c1ccc(C(=O)N(CCc2ccccc2)C[C@@H]2CCCN2C(=O)[C@@H](NC(=O)[C@H](C)NC)C(C)(C)C)s1)C(C)(C)C. The molecule has 4 N–H and O–H groups in total. The van der Waals surface area contributed by atoms with E-state index in [0.717, 1.165) is 24.0 Å². The Labute approximate surface area is 403 Å². The molecule has 5 rings (SSSR count). The van der Waals surface area contributed by atoms with E-state index < -0.39 is 35.0 Å². The second-order valence-electron chi connectivity index (χ2n) is 20.4. The highest BCUT2D eigenvalue weighted by molar-refractivity contribution is 7.15. The minimum Gasteiger partial charge on any atom is -0.342 e. The first-order chi connectivity index (χ1) is 31.7. The Hall–Kier alpha value is -5.12. The number of benzene rings is 2. The van der Waals surface area contributed by atoms with Gasteiger partial charge in [0.05, 0.1) is 21.8 Å². The van der Waals surface area contributed by atoms with Gasteiger partial charge in [0.25, 0.3) is 11.8 Å². The maximum atomic E-state index is 14.7. The number of hydrogen-bond acceptors (Lipinski definition) is 9. The summed E-state index contributed by atoms with van der Waals surface area (Å²) in [4.78, 5) is 92.5. The number of carbonyl (C=O) groups is 6. The molecule has 3 heterocycles. The smallest absolute Gasteiger partial charge is 0.264 e. The molecular formula is C52H76N8O6S. The van der Waals surface area contributed by atoms with Crippen LogP contribution in [-0.2, 0) is 32.0 Å². The largest absolute Gasteiger partial charge is 0.342 e. The van der Waals surface area contributed by atoms with Crippen molar-refractivity contribution in [3.8, 4) is 0 Å². The summed E-state index contributed by atoms with van der Waals surface area (Å²) >= 11 is 1.17. The Balaban J connectivity index is 1.39. The zero-order valence-electron chi connectivity index (χ0n) is 41.5. The van der Waals surface area contributed by atoms with Gasteiger partial charge in [-0.05, 0) is 101 Å². The van der Waals surface area contributed by atoms with E-state index in [0.29, 0.717) is 74.7 Å². The summed E-state index contributed by atoms with van der Waals surface area (Å²) in [5.41, 5.74) is 1.03. The molecule has 0 bridgehead atoms. The highest BCUT2D eigenvalue weighted by Gasteiger charge is 2.43. The van der Waals surface area contributed by atoms with Gasteiger partial charge in [-0.2, -0.15) is 0 Å². The van der Waals surface area contributed by atoms with E-state index in [2.05, 4.69) is 21.3 Å². The number of likely N-dealkylation sites (N-methyl/N-ethyl adjacent to an activating group) is 2. The number of thiophene rings is 1. The standard InChI is InChI=1S/C52H76N8O6S/c1-35(53-9)45(61)55-43(51(3,4)5)49(65)59-29-17-23-39(59)33-57(31-27-37-19-13-11-14-20-37)47(63)41-25-26-42(67-41)48(64)58(32-28-38-21-15-12-16-22-38)34-40-24-18-30-60(40)50(66)44(52(6,7)8)56-46(62)36(2)54-10/h11-16,19-22,25-26,35-36,39-40,43-44,53-54H,17-18,23-24,27-34H2,1-10H3,(H,55,61)(H,56,62)/t35-,36-,39-,40-,43+,44+/m0/s1. The Bertz CT molecular complexity index is 1990. The lowest BCUT2D eigenvalue weighted by atomic mass is 9.85. The molecule has 0 saturated carbocycles. The van der Waals surface area contributed by atoms with E-state index >= 15 is 0 Å². The molecule has 6 amide bonds. The summed E-state index contributed by atoms with van der Waals surface area (Å²) in [5.74, 6) is -1.26. The van der Waals surface area contributed by atoms with Crippen LogP contribution < -0.4 is 21.3 Å². The summed E-state index contributed by atoms with van der Waals surface area (Å²) in [5, 5.41) is 11.9. The fraction of sp³-hybridized carbons (Fsp3) is 0.577. The van der Waals surface area contributed by atoms with E-state index in [9.17, 15) is 28.8 Å². The number of rotatable bonds is 20. The van der Waals surface area contributed by atoms with E-state index in [1.54, 1.807) is 40.1 Å². The molecule has 2 aliphatic heterocycles. The third-order valence-corrected chi connectivity index (χ3v) is 14.3. The zero-order chi connectivity index (χ0) is 49.1. The minimum absolute atomic E-state index is 0.161. The van der Waals surface area contributed by atoms with Gasteiger partial charge in [0, 0.05) is 51.4 Å². The van der Waals surface area contributed by atoms with Crippen LogP contribution in [0.2, 0.25) is 0 Å². The van der Waals surface area contributed by atoms with E-state index in [4.69, 9.17) is 0 Å². The number of amides is 6. The quantitative estimate of drug-likeness (QED) is 0.118. The third kappa shape index (κ3) is 14.2. The monoisotopic (exact) mass is 941 g/mol. The molecule has 2 aliphatic rings. The molecule has 0 radical (unpaired) electrons. The molecule has 67 heavy (non-hydrogen) atoms. The first-order valence-corrected chi connectivity index (χ1v) is 24.9. The van der Waals surface area contributed by atoms with Gasteiger partial charge >= 0.3 is 0 Å². The van der Waals surface area contributed by atoms with Gasteiger partial charge in [-0.3, -0.25) is 28.8 Å². The van der Waals surface area contributed by atoms with Crippen LogP contribution in [0, 0.1) is 10.8 Å². The molecule has 1 aromatic heterocycles. The summed E-state index contributed by atoms with van der Waals surface area (Å²) < 4.78 is 0. The van der Waals surface area contributed by atoms with Crippen LogP contribution in [0.4, 0.5) is 0 Å². The summed E-state index contributed by atoms with van der Waals surface area (Å²) in [6.45, 7) is 17.6. The summed E-state index contributed by atoms with van der Waals surface area (Å²) in [7, 11) is 3.41. The van der Waals surface area contributed by atoms with Crippen molar-refractivity contribution in [3.63, 3.8) is 0 Å². The van der Waals surface area contributed by atoms with Crippen molar-refractivity contribution in [2.45, 2.75) is 130 Å². The number of nitrogens with one attached hydrogen (secondary N) is 4. The van der Waals surface area contributed by atoms with Crippen molar-refractivity contribution in [3.05, 3.63) is 93.7 Å². The van der Waals surface area contributed by atoms with Crippen molar-refractivity contribution >= 4 is 46.8 Å². The molecule has 0 spiro atoms. The molecule has 15 heteroatoms. The molecule has 3 aromatic rings. The molecule has 0 aliphatic carbocycles. The number of likely N-dealkylation sites (tertiary alicyclic amines) is 2. The molecule has 366 valence electrons. The topological polar surface area (TPSA) is 163 Å². The maximum absolute atomic E-state index is 14.7. The van der Waals surface area contributed by atoms with E-state index in [1.807, 2.05) is 122 Å². The molecule has 2 fully saturated rings. The highest BCUT2D eigenvalue weighted by Crippen LogP contribution is 2.30. The molecule has 2 saturated heterocycles. The molecule has 6 atom stereocenters. The lowest BCUT2D eigenvalue weighted by Crippen LogP contribution is -2.59. The normalized spacial score (nSPS) is 18.2. The molecule has 0 unspecified atom stereocenters. The summed E-state index contributed by atoms with van der Waals surface area (Å²) in [6, 6.07) is 20.4. The van der Waals surface area contributed by atoms with Crippen molar-refractivity contribution < 1.29 is 28.8 Å². The van der Waals surface area contributed by atoms with Gasteiger partial charge in [0.15, 0.2) is 0 Å². The van der Waals surface area contributed by atoms with Crippen molar-refractivity contribution in [2.24, 2.45) is 10.8 Å². The van der Waals surface area contributed by atoms with Gasteiger partial charge in [-0.15, -0.1) is 11.3 Å². The number of hydrogen-bond donors (Lipinski definition) is 4. The fourth-order valence-corrected chi connectivity index (χ4v) is 9.76. The van der Waals surface area contributed by atoms with E-state index in [1.165, 1.54) is 11.3 Å². The van der Waals surface area contributed by atoms with E-state index in [-0.39, 0.29) is 47.5 Å². The lowest BCUT2D eigenvalue weighted by molar-refractivity contribution is -0.141. The van der Waals surface area contributed by atoms with Crippen molar-refractivity contribution in [1.29, 1.82) is 0 Å². The molecule has 14 nitrogen and oxygen atoms in total. The average Bonchev–Trinajstić information content (AvgIpc) is 4.11. The molecule has 2 aromatic carbocycles. The predicted molar refractivity (Wildman–Crippen MR) is 266 cm³/mol. The van der Waals surface area contributed by atoms with Gasteiger partial charge in [-0.25, -0.2) is 0 Å². The molecular weight excluding hydrogens is 865 g/mol. The van der Waals surface area contributed by atoms with Crippen LogP contribution in [0.25, 0.3) is 0 Å². The maximum Gasteiger partial charge on any atom is 0.264 e. The summed E-state index contributed by atoms with van der Waals surface area (Å²) in [6.07, 6.45) is 4.17. The van der Waals surface area contributed by atoms with Gasteiger partial charge in [-0.1, -0.05) is 102 Å². The van der Waals surface area contributed by atoms with Crippen LogP contribution >= 0.6 is 11.3 Å². The van der Waals surface area contributed by atoms with Crippen LogP contribution in [0.5, 0.6) is 0 Å². The van der Waals surface area contributed by atoms with Crippen LogP contribution in [0.3, 0.4) is 0 Å². The Kier molecular flexibility index (Phi) is 18.7. The first kappa shape index (κ1) is 52.8. The average molecular weight is 941 g/mol.